The fourth-order valence-corrected chi connectivity index (χ4v) is 3.14. The number of nitrogens with zero attached hydrogens (tertiary/aromatic N) is 1. The number of piperidine rings is 1. The fourth-order valence-electron chi connectivity index (χ4n) is 3.14. The summed E-state index contributed by atoms with van der Waals surface area (Å²) in [6, 6.07) is -1.27. The molecule has 0 bridgehead atoms. The van der Waals surface area contributed by atoms with Gasteiger partial charge >= 0.3 is 12.0 Å². The van der Waals surface area contributed by atoms with E-state index in [1.54, 1.807) is 0 Å². The minimum Gasteiger partial charge on any atom is -0.480 e. The van der Waals surface area contributed by atoms with Crippen molar-refractivity contribution in [2.75, 3.05) is 13.1 Å². The molecule has 2 aliphatic heterocycles. The maximum absolute atomic E-state index is 11.8. The summed E-state index contributed by atoms with van der Waals surface area (Å²) in [4.78, 5) is 36.0. The molecule has 8 heteroatoms. The Labute approximate surface area is 123 Å². The van der Waals surface area contributed by atoms with Crippen LogP contribution in [0.3, 0.4) is 0 Å². The molecule has 0 aliphatic carbocycles. The third-order valence-electron chi connectivity index (χ3n) is 4.16. The number of aliphatic carboxylic acids is 1. The minimum absolute atomic E-state index is 0.0485. The zero-order valence-corrected chi connectivity index (χ0v) is 11.9. The van der Waals surface area contributed by atoms with Crippen molar-refractivity contribution in [1.29, 1.82) is 0 Å². The van der Waals surface area contributed by atoms with Crippen molar-refractivity contribution in [2.24, 2.45) is 5.73 Å². The average molecular weight is 298 g/mol. The molecule has 3 atom stereocenters. The summed E-state index contributed by atoms with van der Waals surface area (Å²) in [7, 11) is 0. The Morgan fingerprint density at radius 3 is 2.71 bits per heavy atom. The lowest BCUT2D eigenvalue weighted by atomic mass is 9.98. The number of nitrogens with two attached hydrogens (primary N) is 1. The Kier molecular flexibility index (Phi) is 5.00. The first-order chi connectivity index (χ1) is 9.95. The monoisotopic (exact) mass is 298 g/mol. The lowest BCUT2D eigenvalue weighted by Gasteiger charge is -2.35. The first-order valence-corrected chi connectivity index (χ1v) is 7.28. The van der Waals surface area contributed by atoms with E-state index in [2.05, 4.69) is 15.5 Å². The van der Waals surface area contributed by atoms with E-state index in [-0.39, 0.29) is 6.04 Å². The Morgan fingerprint density at radius 2 is 2.05 bits per heavy atom. The van der Waals surface area contributed by atoms with Gasteiger partial charge in [0.1, 0.15) is 6.04 Å². The van der Waals surface area contributed by atoms with E-state index in [0.717, 1.165) is 32.4 Å². The van der Waals surface area contributed by atoms with Gasteiger partial charge in [-0.1, -0.05) is 0 Å². The van der Waals surface area contributed by atoms with Crippen LogP contribution in [0.5, 0.6) is 0 Å². The SMILES string of the molecule is NC(=O)C[C@H](NC(=O)NC1CCN2CCCC2C1)C(=O)O. The number of primary amides is 1. The molecule has 3 amide bonds. The predicted octanol–water partition coefficient (Wildman–Crippen LogP) is -0.759. The van der Waals surface area contributed by atoms with Crippen LogP contribution in [0.2, 0.25) is 0 Å². The summed E-state index contributed by atoms with van der Waals surface area (Å²) in [6.45, 7) is 2.09. The van der Waals surface area contributed by atoms with Crippen LogP contribution >= 0.6 is 0 Å². The summed E-state index contributed by atoms with van der Waals surface area (Å²) in [5.74, 6) is -2.03. The number of nitrogens with one attached hydrogen (secondary N) is 2. The number of fused-ring (bicyclic) bond motifs is 1. The molecule has 2 heterocycles. The third kappa shape index (κ3) is 4.32. The number of carbonyl (C=O) groups is 3. The van der Waals surface area contributed by atoms with E-state index in [1.807, 2.05) is 0 Å². The van der Waals surface area contributed by atoms with Gasteiger partial charge in [-0.05, 0) is 32.2 Å². The normalized spacial score (nSPS) is 26.7. The highest BCUT2D eigenvalue weighted by atomic mass is 16.4. The lowest BCUT2D eigenvalue weighted by molar-refractivity contribution is -0.140. The molecule has 2 fully saturated rings. The second-order valence-electron chi connectivity index (χ2n) is 5.73. The molecule has 0 aromatic heterocycles. The highest BCUT2D eigenvalue weighted by Crippen LogP contribution is 2.26. The van der Waals surface area contributed by atoms with Crippen LogP contribution in [-0.4, -0.2) is 59.1 Å². The summed E-state index contributed by atoms with van der Waals surface area (Å²) in [5.41, 5.74) is 4.97. The molecule has 0 aromatic rings. The maximum atomic E-state index is 11.8. The number of carbonyl (C=O) groups excluding carboxylic acids is 2. The lowest BCUT2D eigenvalue weighted by Crippen LogP contribution is -2.53. The van der Waals surface area contributed by atoms with Crippen LogP contribution in [0.1, 0.15) is 32.1 Å². The summed E-state index contributed by atoms with van der Waals surface area (Å²) < 4.78 is 0. The van der Waals surface area contributed by atoms with Gasteiger partial charge in [-0.15, -0.1) is 0 Å². The molecule has 118 valence electrons. The predicted molar refractivity (Wildman–Crippen MR) is 74.5 cm³/mol. The zero-order chi connectivity index (χ0) is 15.4. The molecule has 5 N–H and O–H groups in total. The number of amides is 3. The molecular weight excluding hydrogens is 276 g/mol. The summed E-state index contributed by atoms with van der Waals surface area (Å²) in [6.07, 6.45) is 3.69. The number of hydrogen-bond donors (Lipinski definition) is 4. The third-order valence-corrected chi connectivity index (χ3v) is 4.16. The molecule has 0 radical (unpaired) electrons. The quantitative estimate of drug-likeness (QED) is 0.531. The molecule has 0 saturated carbocycles. The van der Waals surface area contributed by atoms with Crippen molar-refractivity contribution >= 4 is 17.9 Å². The summed E-state index contributed by atoms with van der Waals surface area (Å²) in [5, 5.41) is 14.0. The first-order valence-electron chi connectivity index (χ1n) is 7.28. The number of carboxylic acid groups (broad SMARTS) is 1. The van der Waals surface area contributed by atoms with Gasteiger partial charge in [-0.25, -0.2) is 9.59 Å². The molecule has 2 unspecified atom stereocenters. The second-order valence-corrected chi connectivity index (χ2v) is 5.73. The number of hydrogen-bond acceptors (Lipinski definition) is 4. The van der Waals surface area contributed by atoms with Crippen LogP contribution in [0.15, 0.2) is 0 Å². The standard InChI is InChI=1S/C13H22N4O4/c14-11(18)7-10(12(19)20)16-13(21)15-8-3-5-17-4-1-2-9(17)6-8/h8-10H,1-7H2,(H2,14,18)(H,19,20)(H2,15,16,21)/t8?,9?,10-/m0/s1. The van der Waals surface area contributed by atoms with E-state index in [4.69, 9.17) is 10.8 Å². The molecule has 21 heavy (non-hydrogen) atoms. The van der Waals surface area contributed by atoms with E-state index < -0.39 is 30.4 Å². The largest absolute Gasteiger partial charge is 0.480 e. The van der Waals surface area contributed by atoms with Gasteiger partial charge in [-0.2, -0.15) is 0 Å². The average Bonchev–Trinajstić information content (AvgIpc) is 2.84. The molecule has 0 spiro atoms. The van der Waals surface area contributed by atoms with Gasteiger partial charge in [-0.3, -0.25) is 4.79 Å². The van der Waals surface area contributed by atoms with E-state index in [0.29, 0.717) is 6.04 Å². The maximum Gasteiger partial charge on any atom is 0.326 e. The van der Waals surface area contributed by atoms with Gasteiger partial charge in [0.15, 0.2) is 0 Å². The van der Waals surface area contributed by atoms with E-state index in [9.17, 15) is 14.4 Å². The number of urea groups is 1. The molecule has 2 saturated heterocycles. The van der Waals surface area contributed by atoms with Crippen molar-refractivity contribution < 1.29 is 19.5 Å². The van der Waals surface area contributed by atoms with Crippen LogP contribution in [0.4, 0.5) is 4.79 Å². The van der Waals surface area contributed by atoms with Gasteiger partial charge < -0.3 is 26.4 Å². The van der Waals surface area contributed by atoms with Crippen molar-refractivity contribution in [1.82, 2.24) is 15.5 Å². The minimum atomic E-state index is -1.28. The van der Waals surface area contributed by atoms with Crippen molar-refractivity contribution in [3.8, 4) is 0 Å². The van der Waals surface area contributed by atoms with Crippen LogP contribution < -0.4 is 16.4 Å². The Morgan fingerprint density at radius 1 is 1.29 bits per heavy atom. The van der Waals surface area contributed by atoms with Crippen molar-refractivity contribution in [3.63, 3.8) is 0 Å². The second kappa shape index (κ2) is 6.75. The first kappa shape index (κ1) is 15.6. The Hall–Kier alpha value is -1.83. The molecular formula is C13H22N4O4. The molecule has 2 rings (SSSR count). The molecule has 2 aliphatic rings. The number of rotatable bonds is 5. The zero-order valence-electron chi connectivity index (χ0n) is 11.9. The van der Waals surface area contributed by atoms with Crippen molar-refractivity contribution in [2.45, 2.75) is 50.2 Å². The summed E-state index contributed by atoms with van der Waals surface area (Å²) >= 11 is 0. The van der Waals surface area contributed by atoms with Gasteiger partial charge in [0.05, 0.1) is 6.42 Å². The molecule has 0 aromatic carbocycles. The van der Waals surface area contributed by atoms with Crippen LogP contribution in [0.25, 0.3) is 0 Å². The Bertz CT molecular complexity index is 428. The number of carboxylic acids is 1. The topological polar surface area (TPSA) is 125 Å². The van der Waals surface area contributed by atoms with Crippen molar-refractivity contribution in [3.05, 3.63) is 0 Å². The van der Waals surface area contributed by atoms with Gasteiger partial charge in [0, 0.05) is 18.6 Å². The smallest absolute Gasteiger partial charge is 0.326 e. The van der Waals surface area contributed by atoms with Gasteiger partial charge in [0.25, 0.3) is 0 Å². The highest BCUT2D eigenvalue weighted by Gasteiger charge is 2.32. The Balaban J connectivity index is 1.80. The van der Waals surface area contributed by atoms with E-state index >= 15 is 0 Å². The van der Waals surface area contributed by atoms with E-state index in [1.165, 1.54) is 6.42 Å². The molecule has 8 nitrogen and oxygen atoms in total. The van der Waals surface area contributed by atoms with Crippen LogP contribution in [-0.2, 0) is 9.59 Å². The fraction of sp³-hybridized carbons (Fsp3) is 0.769. The van der Waals surface area contributed by atoms with Gasteiger partial charge in [0.2, 0.25) is 5.91 Å². The van der Waals surface area contributed by atoms with Crippen LogP contribution in [0, 0.1) is 0 Å². The highest BCUT2D eigenvalue weighted by molar-refractivity contribution is 5.87.